The van der Waals surface area contributed by atoms with Gasteiger partial charge in [0, 0.05) is 82.2 Å². The lowest BCUT2D eigenvalue weighted by Crippen LogP contribution is -2.14. The van der Waals surface area contributed by atoms with E-state index in [1.807, 2.05) is 54.6 Å². The van der Waals surface area contributed by atoms with E-state index < -0.39 is 0 Å². The minimum Gasteiger partial charge on any atom is -0.247 e. The maximum Gasteiger partial charge on any atom is 0.164 e. The highest BCUT2D eigenvalue weighted by Crippen LogP contribution is 2.51. The van der Waals surface area contributed by atoms with Crippen LogP contribution in [-0.4, -0.2) is 57.4 Å². The molecule has 0 unspecified atom stereocenters. The summed E-state index contributed by atoms with van der Waals surface area (Å²) in [5.41, 5.74) is 26.9. The van der Waals surface area contributed by atoms with Crippen molar-refractivity contribution in [3.8, 4) is 135 Å². The molecule has 25 rings (SSSR count). The predicted molar refractivity (Wildman–Crippen MR) is 515 cm³/mol. The lowest BCUT2D eigenvalue weighted by Gasteiger charge is -2.22. The van der Waals surface area contributed by atoms with Crippen molar-refractivity contribution in [2.45, 2.75) is 19.3 Å². The zero-order valence-electron chi connectivity index (χ0n) is 67.5. The lowest BCUT2D eigenvalue weighted by atomic mass is 9.81. The molecule has 0 fully saturated rings. The van der Waals surface area contributed by atoms with Crippen LogP contribution in [0.3, 0.4) is 0 Å². The average molecular weight is 1630 g/mol. The third-order valence-corrected chi connectivity index (χ3v) is 25.9. The van der Waals surface area contributed by atoms with E-state index in [1.165, 1.54) is 62.0 Å². The van der Waals surface area contributed by atoms with Crippen LogP contribution in [0.2, 0.25) is 0 Å². The van der Waals surface area contributed by atoms with E-state index in [0.29, 0.717) is 34.9 Å². The van der Waals surface area contributed by atoms with Crippen LogP contribution < -0.4 is 0 Å². The Balaban J connectivity index is 0.000000140. The molecule has 584 valence electrons. The van der Waals surface area contributed by atoms with Crippen LogP contribution >= 0.6 is 23.5 Å². The van der Waals surface area contributed by atoms with Gasteiger partial charge < -0.3 is 0 Å². The van der Waals surface area contributed by atoms with Crippen LogP contribution in [0.5, 0.6) is 0 Å². The Morgan fingerprint density at radius 3 is 0.976 bits per heavy atom. The quantitative estimate of drug-likeness (QED) is 0.113. The average Bonchev–Trinajstić information content (AvgIpc) is 1.62. The number of benzene rings is 18. The number of rotatable bonds is 11. The van der Waals surface area contributed by atoms with Crippen molar-refractivity contribution in [1.82, 2.24) is 57.4 Å². The fraction of sp³-hybridized carbons (Fsp3) is 0.0270. The summed E-state index contributed by atoms with van der Waals surface area (Å²) in [6.45, 7) is 4.64. The van der Waals surface area contributed by atoms with Crippen LogP contribution in [0, 0.1) is 0 Å². The predicted octanol–water partition coefficient (Wildman–Crippen LogP) is 28.4. The summed E-state index contributed by atoms with van der Waals surface area (Å²) in [7, 11) is 0. The molecule has 125 heavy (non-hydrogen) atoms. The van der Waals surface area contributed by atoms with E-state index in [9.17, 15) is 0 Å². The van der Waals surface area contributed by atoms with Crippen molar-refractivity contribution in [1.29, 1.82) is 0 Å². The number of fused-ring (bicyclic) bond motifs is 19. The smallest absolute Gasteiger partial charge is 0.164 e. The molecule has 1 aliphatic carbocycles. The van der Waals surface area contributed by atoms with Gasteiger partial charge >= 0.3 is 0 Å². The molecule has 0 N–H and O–H groups in total. The van der Waals surface area contributed by atoms with Crippen molar-refractivity contribution in [2.75, 3.05) is 0 Å². The summed E-state index contributed by atoms with van der Waals surface area (Å²) < 4.78 is 18.6. The van der Waals surface area contributed by atoms with Crippen molar-refractivity contribution >= 4 is 132 Å². The first kappa shape index (κ1) is 73.0. The van der Waals surface area contributed by atoms with Gasteiger partial charge in [-0.2, -0.15) is 17.5 Å². The Morgan fingerprint density at radius 2 is 0.520 bits per heavy atom. The second kappa shape index (κ2) is 29.7. The normalized spacial score (nSPS) is 12.3. The van der Waals surface area contributed by atoms with E-state index in [-0.39, 0.29) is 5.41 Å². The summed E-state index contributed by atoms with van der Waals surface area (Å²) in [5.74, 6) is 3.74. The van der Waals surface area contributed by atoms with E-state index >= 15 is 0 Å². The minimum absolute atomic E-state index is 0.0584. The van der Waals surface area contributed by atoms with E-state index in [4.69, 9.17) is 48.6 Å². The van der Waals surface area contributed by atoms with Gasteiger partial charge in [0.1, 0.15) is 22.1 Å². The first-order valence-electron chi connectivity index (χ1n) is 41.7. The molecule has 0 atom stereocenters. The van der Waals surface area contributed by atoms with Gasteiger partial charge in [0.05, 0.1) is 45.9 Å². The van der Waals surface area contributed by atoms with Crippen LogP contribution in [0.4, 0.5) is 0 Å². The molecule has 0 amide bonds. The second-order valence-corrected chi connectivity index (χ2v) is 33.4. The zero-order valence-corrected chi connectivity index (χ0v) is 69.1. The summed E-state index contributed by atoms with van der Waals surface area (Å²) in [6.07, 6.45) is 0. The largest absolute Gasteiger partial charge is 0.247 e. The van der Waals surface area contributed by atoms with Gasteiger partial charge in [-0.1, -0.05) is 335 Å². The van der Waals surface area contributed by atoms with Gasteiger partial charge in [0.25, 0.3) is 0 Å². The highest BCUT2D eigenvalue weighted by atomic mass is 32.1. The Morgan fingerprint density at radius 1 is 0.192 bits per heavy atom. The van der Waals surface area contributed by atoms with Crippen molar-refractivity contribution in [3.63, 3.8) is 0 Å². The topological polar surface area (TPSA) is 155 Å². The van der Waals surface area contributed by atoms with Gasteiger partial charge in [0.15, 0.2) is 34.9 Å². The molecule has 24 aromatic rings. The zero-order chi connectivity index (χ0) is 82.8. The van der Waals surface area contributed by atoms with Crippen LogP contribution in [-0.2, 0) is 5.41 Å². The van der Waals surface area contributed by atoms with Gasteiger partial charge in [-0.15, -0.1) is 0 Å². The highest BCUT2D eigenvalue weighted by molar-refractivity contribution is 7.00. The summed E-state index contributed by atoms with van der Waals surface area (Å²) in [4.78, 5) is 41.6. The monoisotopic (exact) mass is 1630 g/mol. The molecule has 0 aliphatic heterocycles. The molecular weight excluding hydrogens is 1570 g/mol. The van der Waals surface area contributed by atoms with Gasteiger partial charge in [-0.05, 0) is 153 Å². The Bertz CT molecular complexity index is 8360. The molecule has 12 nitrogen and oxygen atoms in total. The highest BCUT2D eigenvalue weighted by Gasteiger charge is 2.35. The molecule has 0 saturated heterocycles. The van der Waals surface area contributed by atoms with Gasteiger partial charge in [-0.25, -0.2) is 39.9 Å². The number of hydrogen-bond acceptors (Lipinski definition) is 14. The van der Waals surface area contributed by atoms with E-state index in [1.54, 1.807) is 0 Å². The maximum atomic E-state index is 5.34. The molecule has 1 aliphatic rings. The molecule has 18 aromatic carbocycles. The standard InChI is InChI=1S/C56H32N6S.C55H36N6S/c1-2-12-34(13-3-1)52-46-28-29-49-53(62-63-61-49)51(46)45-27-26-36(32-50(45)57-52)33-22-24-35(25-23-33)54-58-55(47-30-37-14-4-6-16-39(37)41-18-8-10-20-43(41)47)60-56(59-54)48-31-38-15-5-7-17-40(38)42-19-9-11-21-44(42)48;1-55(2)45-16-10-9-15-41(45)42-27-25-39(31-46(42)55)33-17-21-37(22-18-33)53-57-52(36-13-7-4-8-14-36)58-54(59-53)38-23-19-34(20-24-38)40-26-28-43-48(32-40)56-50(35-11-5-3-6-12-35)44-29-30-47-51(49(43)44)61-62-60-47/h1-32H;3-32H,1-2H3. The summed E-state index contributed by atoms with van der Waals surface area (Å²) >= 11 is 2.49. The van der Waals surface area contributed by atoms with Crippen molar-refractivity contribution in [3.05, 3.63) is 387 Å². The van der Waals surface area contributed by atoms with Gasteiger partial charge in [0.2, 0.25) is 0 Å². The Hall–Kier alpha value is -16.0. The number of pyridine rings is 2. The summed E-state index contributed by atoms with van der Waals surface area (Å²) in [6, 6.07) is 132. The number of nitrogens with zero attached hydrogens (tertiary/aromatic N) is 12. The third-order valence-electron chi connectivity index (χ3n) is 24.8. The molecule has 0 radical (unpaired) electrons. The fourth-order valence-corrected chi connectivity index (χ4v) is 19.6. The molecule has 0 bridgehead atoms. The molecule has 6 heterocycles. The number of hydrogen-bond donors (Lipinski definition) is 0. The van der Waals surface area contributed by atoms with Crippen molar-refractivity contribution in [2.24, 2.45) is 0 Å². The fourth-order valence-electron chi connectivity index (χ4n) is 18.6. The van der Waals surface area contributed by atoms with Crippen LogP contribution in [0.1, 0.15) is 25.0 Å². The molecule has 6 aromatic heterocycles. The molecule has 14 heteroatoms. The second-order valence-electron chi connectivity index (χ2n) is 32.4. The Labute approximate surface area is 726 Å². The third kappa shape index (κ3) is 12.6. The van der Waals surface area contributed by atoms with E-state index in [2.05, 4.69) is 344 Å². The van der Waals surface area contributed by atoms with E-state index in [0.717, 1.165) is 181 Å². The van der Waals surface area contributed by atoms with Crippen LogP contribution in [0.25, 0.3) is 244 Å². The first-order valence-corrected chi connectivity index (χ1v) is 43.2. The molecular formula is C111H68N12S2. The minimum atomic E-state index is -0.0584. The van der Waals surface area contributed by atoms with Crippen molar-refractivity contribution < 1.29 is 0 Å². The van der Waals surface area contributed by atoms with Crippen LogP contribution in [0.15, 0.2) is 376 Å². The molecule has 0 saturated carbocycles. The maximum absolute atomic E-state index is 5.34. The first-order chi connectivity index (χ1) is 61.7. The lowest BCUT2D eigenvalue weighted by molar-refractivity contribution is 0.660. The molecule has 0 spiro atoms. The number of aromatic nitrogens is 12. The Kier molecular flexibility index (Phi) is 17.3. The SMILES string of the molecule is CC1(C)c2ccccc2-c2ccc(-c3ccc(-c4nc(-c5ccccc5)nc(-c5ccc(-c6ccc7c(c6)nc(-c6ccccc6)c6ccc8nsnc8c67)cc5)n4)cc3)cc21.c1ccc(-c2nc3cc(-c4ccc(-c5nc(-c6cc7ccccc7c7ccccc67)nc(-c6cc7ccccc7c7ccccc67)n5)cc4)ccc3c3c2ccc2nsnc23)cc1. The van der Waals surface area contributed by atoms with Gasteiger partial charge in [-0.3, -0.25) is 0 Å². The summed E-state index contributed by atoms with van der Waals surface area (Å²) in [5, 5.41) is 15.6.